The molecule has 1 N–H and O–H groups in total. The second-order valence-electron chi connectivity index (χ2n) is 4.19. The smallest absolute Gasteiger partial charge is 0.0645 e. The van der Waals surface area contributed by atoms with Gasteiger partial charge in [0.25, 0.3) is 0 Å². The Balaban J connectivity index is 1.92. The first-order valence-electron chi connectivity index (χ1n) is 5.80. The first-order chi connectivity index (χ1) is 8.25. The summed E-state index contributed by atoms with van der Waals surface area (Å²) in [6, 6.07) is 12.5. The van der Waals surface area contributed by atoms with Gasteiger partial charge in [-0.25, -0.2) is 0 Å². The highest BCUT2D eigenvalue weighted by atomic mass is 15.1. The summed E-state index contributed by atoms with van der Waals surface area (Å²) in [4.78, 5) is 0. The van der Waals surface area contributed by atoms with Crippen LogP contribution in [0.25, 0.3) is 0 Å². The lowest BCUT2D eigenvalue weighted by Gasteiger charge is -2.07. The summed E-state index contributed by atoms with van der Waals surface area (Å²) in [5, 5.41) is 11.6. The Labute approximate surface area is 102 Å². The van der Waals surface area contributed by atoms with Crippen molar-refractivity contribution in [3.05, 3.63) is 58.9 Å². The molecule has 3 heteroatoms. The number of aromatic nitrogens is 2. The van der Waals surface area contributed by atoms with Crippen LogP contribution in [0, 0.1) is 13.8 Å². The van der Waals surface area contributed by atoms with Gasteiger partial charge in [0, 0.05) is 13.1 Å². The van der Waals surface area contributed by atoms with Gasteiger partial charge in [0.15, 0.2) is 0 Å². The fourth-order valence-electron chi connectivity index (χ4n) is 1.72. The van der Waals surface area contributed by atoms with E-state index in [4.69, 9.17) is 0 Å². The minimum Gasteiger partial charge on any atom is -0.309 e. The van der Waals surface area contributed by atoms with Crippen LogP contribution in [0.3, 0.4) is 0 Å². The Morgan fingerprint density at radius 3 is 2.53 bits per heavy atom. The second-order valence-corrected chi connectivity index (χ2v) is 4.19. The molecule has 17 heavy (non-hydrogen) atoms. The predicted octanol–water partition coefficient (Wildman–Crippen LogP) is 2.38. The number of hydrogen-bond acceptors (Lipinski definition) is 3. The highest BCUT2D eigenvalue weighted by molar-refractivity contribution is 5.20. The number of aryl methyl sites for hydroxylation is 2. The molecule has 0 spiro atoms. The Hall–Kier alpha value is -1.74. The highest BCUT2D eigenvalue weighted by Gasteiger charge is 2.00. The first kappa shape index (κ1) is 11.7. The van der Waals surface area contributed by atoms with E-state index in [1.54, 1.807) is 0 Å². The average Bonchev–Trinajstić information content (AvgIpc) is 2.35. The van der Waals surface area contributed by atoms with Crippen LogP contribution in [0.5, 0.6) is 0 Å². The molecular formula is C14H17N3. The molecule has 2 aromatic rings. The molecule has 1 aromatic heterocycles. The van der Waals surface area contributed by atoms with Crippen LogP contribution in [0.1, 0.15) is 22.5 Å². The van der Waals surface area contributed by atoms with Crippen molar-refractivity contribution in [1.82, 2.24) is 15.5 Å². The van der Waals surface area contributed by atoms with Crippen LogP contribution >= 0.6 is 0 Å². The van der Waals surface area contributed by atoms with E-state index in [0.29, 0.717) is 0 Å². The summed E-state index contributed by atoms with van der Waals surface area (Å²) in [7, 11) is 0. The van der Waals surface area contributed by atoms with Gasteiger partial charge in [-0.1, -0.05) is 30.3 Å². The average molecular weight is 227 g/mol. The molecule has 3 nitrogen and oxygen atoms in total. The van der Waals surface area contributed by atoms with Gasteiger partial charge < -0.3 is 5.32 Å². The van der Waals surface area contributed by atoms with Crippen LogP contribution in [-0.2, 0) is 13.1 Å². The minimum absolute atomic E-state index is 0.830. The van der Waals surface area contributed by atoms with Gasteiger partial charge in [0.2, 0.25) is 0 Å². The van der Waals surface area contributed by atoms with Gasteiger partial charge >= 0.3 is 0 Å². The van der Waals surface area contributed by atoms with Gasteiger partial charge in [0.1, 0.15) is 0 Å². The quantitative estimate of drug-likeness (QED) is 0.871. The van der Waals surface area contributed by atoms with Crippen LogP contribution in [0.15, 0.2) is 36.4 Å². The largest absolute Gasteiger partial charge is 0.309 e. The summed E-state index contributed by atoms with van der Waals surface area (Å²) in [6.07, 6.45) is 0. The standard InChI is InChI=1S/C14H17N3/c1-11-8-14(12(2)17-16-11)10-15-9-13-6-4-3-5-7-13/h3-8,15H,9-10H2,1-2H3. The molecule has 0 aliphatic rings. The van der Waals surface area contributed by atoms with Crippen molar-refractivity contribution in [2.75, 3.05) is 0 Å². The maximum Gasteiger partial charge on any atom is 0.0645 e. The van der Waals surface area contributed by atoms with E-state index in [0.717, 1.165) is 24.5 Å². The lowest BCUT2D eigenvalue weighted by atomic mass is 10.2. The van der Waals surface area contributed by atoms with Gasteiger partial charge in [-0.05, 0) is 31.0 Å². The molecule has 0 aliphatic carbocycles. The van der Waals surface area contributed by atoms with E-state index < -0.39 is 0 Å². The van der Waals surface area contributed by atoms with Crippen molar-refractivity contribution < 1.29 is 0 Å². The normalized spacial score (nSPS) is 10.5. The third kappa shape index (κ3) is 3.36. The SMILES string of the molecule is Cc1cc(CNCc2ccccc2)c(C)nn1. The third-order valence-electron chi connectivity index (χ3n) is 2.69. The minimum atomic E-state index is 0.830. The van der Waals surface area contributed by atoms with Crippen molar-refractivity contribution in [2.45, 2.75) is 26.9 Å². The molecule has 0 aliphatic heterocycles. The zero-order chi connectivity index (χ0) is 12.1. The Bertz CT molecular complexity index is 480. The highest BCUT2D eigenvalue weighted by Crippen LogP contribution is 2.05. The zero-order valence-corrected chi connectivity index (χ0v) is 10.3. The van der Waals surface area contributed by atoms with E-state index in [2.05, 4.69) is 45.8 Å². The molecule has 0 saturated heterocycles. The van der Waals surface area contributed by atoms with Gasteiger partial charge in [-0.15, -0.1) is 0 Å². The zero-order valence-electron chi connectivity index (χ0n) is 10.3. The van der Waals surface area contributed by atoms with Crippen LogP contribution in [0.4, 0.5) is 0 Å². The van der Waals surface area contributed by atoms with Crippen molar-refractivity contribution in [2.24, 2.45) is 0 Å². The maximum atomic E-state index is 4.11. The van der Waals surface area contributed by atoms with Crippen molar-refractivity contribution in [1.29, 1.82) is 0 Å². The van der Waals surface area contributed by atoms with Crippen LogP contribution in [-0.4, -0.2) is 10.2 Å². The number of rotatable bonds is 4. The maximum absolute atomic E-state index is 4.11. The lowest BCUT2D eigenvalue weighted by Crippen LogP contribution is -2.14. The molecular weight excluding hydrogens is 210 g/mol. The van der Waals surface area contributed by atoms with Gasteiger partial charge in [0.05, 0.1) is 11.4 Å². The van der Waals surface area contributed by atoms with E-state index in [-0.39, 0.29) is 0 Å². The molecule has 0 bridgehead atoms. The number of hydrogen-bond donors (Lipinski definition) is 1. The first-order valence-corrected chi connectivity index (χ1v) is 5.80. The fraction of sp³-hybridized carbons (Fsp3) is 0.286. The van der Waals surface area contributed by atoms with E-state index in [1.807, 2.05) is 19.9 Å². The summed E-state index contributed by atoms with van der Waals surface area (Å²) in [5.41, 5.74) is 4.47. The number of benzene rings is 1. The van der Waals surface area contributed by atoms with Crippen LogP contribution in [0.2, 0.25) is 0 Å². The van der Waals surface area contributed by atoms with Crippen molar-refractivity contribution >= 4 is 0 Å². The second kappa shape index (κ2) is 5.55. The van der Waals surface area contributed by atoms with Gasteiger partial charge in [-0.2, -0.15) is 10.2 Å². The molecule has 1 heterocycles. The topological polar surface area (TPSA) is 37.8 Å². The lowest BCUT2D eigenvalue weighted by molar-refractivity contribution is 0.682. The van der Waals surface area contributed by atoms with Crippen molar-refractivity contribution in [3.8, 4) is 0 Å². The van der Waals surface area contributed by atoms with Gasteiger partial charge in [-0.3, -0.25) is 0 Å². The number of nitrogens with one attached hydrogen (secondary N) is 1. The monoisotopic (exact) mass is 227 g/mol. The van der Waals surface area contributed by atoms with Crippen molar-refractivity contribution in [3.63, 3.8) is 0 Å². The number of nitrogens with zero attached hydrogens (tertiary/aromatic N) is 2. The molecule has 0 unspecified atom stereocenters. The summed E-state index contributed by atoms with van der Waals surface area (Å²) in [6.45, 7) is 5.66. The van der Waals surface area contributed by atoms with E-state index >= 15 is 0 Å². The molecule has 88 valence electrons. The molecule has 1 aromatic carbocycles. The Morgan fingerprint density at radius 2 is 1.76 bits per heavy atom. The predicted molar refractivity (Wildman–Crippen MR) is 68.5 cm³/mol. The summed E-state index contributed by atoms with van der Waals surface area (Å²) >= 11 is 0. The Morgan fingerprint density at radius 1 is 1.00 bits per heavy atom. The van der Waals surface area contributed by atoms with Crippen LogP contribution < -0.4 is 5.32 Å². The molecule has 0 fully saturated rings. The fourth-order valence-corrected chi connectivity index (χ4v) is 1.72. The molecule has 2 rings (SSSR count). The van der Waals surface area contributed by atoms with E-state index in [1.165, 1.54) is 11.1 Å². The molecule has 0 amide bonds. The molecule has 0 radical (unpaired) electrons. The molecule has 0 saturated carbocycles. The van der Waals surface area contributed by atoms with E-state index in [9.17, 15) is 0 Å². The summed E-state index contributed by atoms with van der Waals surface area (Å²) < 4.78 is 0. The molecule has 0 atom stereocenters. The third-order valence-corrected chi connectivity index (χ3v) is 2.69. The summed E-state index contributed by atoms with van der Waals surface area (Å²) in [5.74, 6) is 0. The Kier molecular flexibility index (Phi) is 3.83.